The third-order valence-corrected chi connectivity index (χ3v) is 2.31. The lowest BCUT2D eigenvalue weighted by atomic mass is 9.97. The fourth-order valence-corrected chi connectivity index (χ4v) is 1.45. The van der Waals surface area contributed by atoms with E-state index in [-0.39, 0.29) is 0 Å². The molecular weight excluding hydrogens is 168 g/mol. The van der Waals surface area contributed by atoms with E-state index in [1.165, 1.54) is 0 Å². The molecule has 1 rings (SSSR count). The minimum atomic E-state index is 0.312. The minimum Gasteiger partial charge on any atom is -0.381 e. The van der Waals surface area contributed by atoms with Crippen LogP contribution in [-0.4, -0.2) is 25.7 Å². The number of hydrazine groups is 1. The van der Waals surface area contributed by atoms with Gasteiger partial charge in [-0.05, 0) is 25.2 Å². The molecule has 0 aromatic heterocycles. The lowest BCUT2D eigenvalue weighted by Crippen LogP contribution is -2.37. The molecule has 0 spiro atoms. The third-order valence-electron chi connectivity index (χ3n) is 2.31. The highest BCUT2D eigenvalue weighted by atomic mass is 16.5. The van der Waals surface area contributed by atoms with Crippen LogP contribution in [0.1, 0.15) is 19.3 Å². The van der Waals surface area contributed by atoms with Gasteiger partial charge >= 0.3 is 0 Å². The molecule has 0 saturated carbocycles. The molecule has 5 heteroatoms. The van der Waals surface area contributed by atoms with Crippen LogP contribution < -0.4 is 17.0 Å². The Kier molecular flexibility index (Phi) is 4.56. The van der Waals surface area contributed by atoms with E-state index in [0.29, 0.717) is 5.96 Å². The van der Waals surface area contributed by atoms with Crippen molar-refractivity contribution in [3.8, 4) is 0 Å². The predicted molar refractivity (Wildman–Crippen MR) is 52.0 cm³/mol. The molecule has 1 aliphatic rings. The molecule has 0 bridgehead atoms. The zero-order chi connectivity index (χ0) is 9.52. The van der Waals surface area contributed by atoms with Gasteiger partial charge in [-0.3, -0.25) is 10.4 Å². The van der Waals surface area contributed by atoms with Gasteiger partial charge in [0.15, 0.2) is 0 Å². The molecule has 1 heterocycles. The van der Waals surface area contributed by atoms with E-state index in [0.717, 1.165) is 44.9 Å². The highest BCUT2D eigenvalue weighted by Gasteiger charge is 2.12. The molecule has 1 aliphatic heterocycles. The Morgan fingerprint density at radius 2 is 2.15 bits per heavy atom. The highest BCUT2D eigenvalue weighted by Crippen LogP contribution is 2.17. The molecule has 13 heavy (non-hydrogen) atoms. The number of hydrogen-bond acceptors (Lipinski definition) is 3. The number of nitrogens with zero attached hydrogens (tertiary/aromatic N) is 1. The van der Waals surface area contributed by atoms with Crippen LogP contribution >= 0.6 is 0 Å². The van der Waals surface area contributed by atoms with Crippen molar-refractivity contribution in [1.29, 1.82) is 0 Å². The van der Waals surface area contributed by atoms with Crippen LogP contribution in [-0.2, 0) is 4.74 Å². The van der Waals surface area contributed by atoms with Crippen molar-refractivity contribution >= 4 is 5.96 Å². The largest absolute Gasteiger partial charge is 0.381 e. The second-order valence-corrected chi connectivity index (χ2v) is 3.26. The summed E-state index contributed by atoms with van der Waals surface area (Å²) >= 11 is 0. The van der Waals surface area contributed by atoms with Crippen molar-refractivity contribution in [3.63, 3.8) is 0 Å². The smallest absolute Gasteiger partial charge is 0.203 e. The number of ether oxygens (including phenoxy) is 1. The van der Waals surface area contributed by atoms with Crippen molar-refractivity contribution in [2.45, 2.75) is 19.3 Å². The molecule has 0 aromatic rings. The number of nitrogens with two attached hydrogens (primary N) is 2. The van der Waals surface area contributed by atoms with Crippen molar-refractivity contribution in [2.24, 2.45) is 22.5 Å². The van der Waals surface area contributed by atoms with Crippen LogP contribution in [0.25, 0.3) is 0 Å². The van der Waals surface area contributed by atoms with E-state index in [2.05, 4.69) is 10.4 Å². The second-order valence-electron chi connectivity index (χ2n) is 3.26. The van der Waals surface area contributed by atoms with Gasteiger partial charge < -0.3 is 10.5 Å². The lowest BCUT2D eigenvalue weighted by Gasteiger charge is -2.20. The summed E-state index contributed by atoms with van der Waals surface area (Å²) in [6.45, 7) is 2.53. The van der Waals surface area contributed by atoms with Crippen molar-refractivity contribution in [1.82, 2.24) is 5.43 Å². The number of hydrogen-bond donors (Lipinski definition) is 3. The quantitative estimate of drug-likeness (QED) is 0.242. The Hall–Kier alpha value is -0.810. The molecule has 0 atom stereocenters. The molecule has 0 amide bonds. The third kappa shape index (κ3) is 4.10. The van der Waals surface area contributed by atoms with Gasteiger partial charge in [0, 0.05) is 19.8 Å². The first-order valence-electron chi connectivity index (χ1n) is 4.67. The molecule has 0 radical (unpaired) electrons. The van der Waals surface area contributed by atoms with Gasteiger partial charge in [-0.2, -0.15) is 0 Å². The lowest BCUT2D eigenvalue weighted by molar-refractivity contribution is 0.0647. The maximum Gasteiger partial charge on any atom is 0.203 e. The number of guanidine groups is 1. The zero-order valence-electron chi connectivity index (χ0n) is 7.83. The normalized spacial score (nSPS) is 20.2. The van der Waals surface area contributed by atoms with Gasteiger partial charge in [0.1, 0.15) is 0 Å². The Balaban J connectivity index is 2.10. The van der Waals surface area contributed by atoms with Gasteiger partial charge in [-0.25, -0.2) is 5.84 Å². The zero-order valence-corrected chi connectivity index (χ0v) is 7.83. The Labute approximate surface area is 78.5 Å². The van der Waals surface area contributed by atoms with E-state index in [1.807, 2.05) is 0 Å². The number of nitrogens with one attached hydrogen (secondary N) is 1. The fourth-order valence-electron chi connectivity index (χ4n) is 1.45. The van der Waals surface area contributed by atoms with Crippen LogP contribution in [0.3, 0.4) is 0 Å². The monoisotopic (exact) mass is 186 g/mol. The summed E-state index contributed by atoms with van der Waals surface area (Å²) < 4.78 is 5.26. The van der Waals surface area contributed by atoms with Crippen LogP contribution in [0.2, 0.25) is 0 Å². The van der Waals surface area contributed by atoms with Crippen molar-refractivity contribution in [2.75, 3.05) is 19.8 Å². The van der Waals surface area contributed by atoms with Crippen LogP contribution in [0.15, 0.2) is 4.99 Å². The first kappa shape index (κ1) is 10.3. The van der Waals surface area contributed by atoms with E-state index >= 15 is 0 Å². The Morgan fingerprint density at radius 3 is 2.77 bits per heavy atom. The summed E-state index contributed by atoms with van der Waals surface area (Å²) in [6, 6.07) is 0. The first-order valence-corrected chi connectivity index (χ1v) is 4.67. The number of aliphatic imine (C=N–C) groups is 1. The first-order chi connectivity index (χ1) is 6.33. The molecule has 0 aliphatic carbocycles. The summed E-state index contributed by atoms with van der Waals surface area (Å²) in [4.78, 5) is 4.05. The Morgan fingerprint density at radius 1 is 1.46 bits per heavy atom. The van der Waals surface area contributed by atoms with Crippen molar-refractivity contribution in [3.05, 3.63) is 0 Å². The molecule has 5 nitrogen and oxygen atoms in total. The molecule has 0 unspecified atom stereocenters. The van der Waals surface area contributed by atoms with Gasteiger partial charge in [0.25, 0.3) is 0 Å². The van der Waals surface area contributed by atoms with Crippen LogP contribution in [0.4, 0.5) is 0 Å². The predicted octanol–water partition coefficient (Wildman–Crippen LogP) is -0.419. The molecule has 0 aromatic carbocycles. The van der Waals surface area contributed by atoms with Gasteiger partial charge in [-0.1, -0.05) is 0 Å². The SMILES string of the molecule is NNC(N)=NCCC1CCOCC1. The molecule has 5 N–H and O–H groups in total. The summed E-state index contributed by atoms with van der Waals surface area (Å²) in [5.74, 6) is 6.12. The minimum absolute atomic E-state index is 0.312. The fraction of sp³-hybridized carbons (Fsp3) is 0.875. The van der Waals surface area contributed by atoms with Crippen LogP contribution in [0.5, 0.6) is 0 Å². The average Bonchev–Trinajstić information content (AvgIpc) is 2.19. The molecule has 1 saturated heterocycles. The van der Waals surface area contributed by atoms with Crippen molar-refractivity contribution < 1.29 is 4.74 Å². The standard InChI is InChI=1S/C8H18N4O/c9-8(12-10)11-4-1-7-2-5-13-6-3-7/h7H,1-6,10H2,(H3,9,11,12). The summed E-state index contributed by atoms with van der Waals surface area (Å²) in [5.41, 5.74) is 7.68. The van der Waals surface area contributed by atoms with E-state index in [4.69, 9.17) is 16.3 Å². The van der Waals surface area contributed by atoms with E-state index < -0.39 is 0 Å². The maximum atomic E-state index is 5.38. The highest BCUT2D eigenvalue weighted by molar-refractivity contribution is 5.76. The summed E-state index contributed by atoms with van der Waals surface area (Å²) in [6.07, 6.45) is 3.36. The van der Waals surface area contributed by atoms with E-state index in [9.17, 15) is 0 Å². The molecule has 1 fully saturated rings. The van der Waals surface area contributed by atoms with Gasteiger partial charge in [-0.15, -0.1) is 0 Å². The number of rotatable bonds is 3. The summed E-state index contributed by atoms with van der Waals surface area (Å²) in [7, 11) is 0. The average molecular weight is 186 g/mol. The second kappa shape index (κ2) is 5.77. The van der Waals surface area contributed by atoms with Gasteiger partial charge in [0.05, 0.1) is 0 Å². The Bertz CT molecular complexity index is 166. The van der Waals surface area contributed by atoms with E-state index in [1.54, 1.807) is 0 Å². The molecule has 76 valence electrons. The van der Waals surface area contributed by atoms with Gasteiger partial charge in [0.2, 0.25) is 5.96 Å². The molecular formula is C8H18N4O. The summed E-state index contributed by atoms with van der Waals surface area (Å²) in [5, 5.41) is 0. The topological polar surface area (TPSA) is 85.7 Å². The maximum absolute atomic E-state index is 5.38. The van der Waals surface area contributed by atoms with Crippen LogP contribution in [0, 0.1) is 5.92 Å².